The molecule has 0 radical (unpaired) electrons. The Balaban J connectivity index is 1.70. The smallest absolute Gasteiger partial charge is 0.137 e. The third-order valence-electron chi connectivity index (χ3n) is 8.41. The summed E-state index contributed by atoms with van der Waals surface area (Å²) in [4.78, 5) is 13.3. The van der Waals surface area contributed by atoms with Crippen LogP contribution in [0, 0.1) is 45.8 Å². The van der Waals surface area contributed by atoms with Crippen molar-refractivity contribution in [1.29, 1.82) is 5.26 Å². The number of aliphatic hydroxyl groups excluding tert-OH is 1. The Morgan fingerprint density at radius 3 is 2.79 bits per heavy atom. The second-order valence-electron chi connectivity index (χ2n) is 9.35. The quantitative estimate of drug-likeness (QED) is 0.684. The van der Waals surface area contributed by atoms with Gasteiger partial charge in [-0.15, -0.1) is 0 Å². The maximum absolute atomic E-state index is 13.3. The van der Waals surface area contributed by atoms with Crippen molar-refractivity contribution >= 4 is 5.78 Å². The van der Waals surface area contributed by atoms with Gasteiger partial charge in [-0.1, -0.05) is 19.4 Å². The molecule has 0 spiro atoms. The summed E-state index contributed by atoms with van der Waals surface area (Å²) >= 11 is 0. The Kier molecular flexibility index (Phi) is 3.69. The number of Topliss-reactive ketones (excluding diaryl/α,β-unsaturated/α-hetero) is 1. The van der Waals surface area contributed by atoms with E-state index in [2.05, 4.69) is 19.9 Å². The summed E-state index contributed by atoms with van der Waals surface area (Å²) in [5.74, 6) is 2.17. The molecule has 130 valence electrons. The number of fused-ring (bicyclic) bond motifs is 5. The normalized spacial score (nSPS) is 52.3. The van der Waals surface area contributed by atoms with E-state index in [0.29, 0.717) is 30.0 Å². The van der Waals surface area contributed by atoms with E-state index in [-0.39, 0.29) is 22.9 Å². The van der Waals surface area contributed by atoms with E-state index in [4.69, 9.17) is 5.26 Å². The number of hydrogen-bond acceptors (Lipinski definition) is 3. The average molecular weight is 327 g/mol. The van der Waals surface area contributed by atoms with Gasteiger partial charge in [0.2, 0.25) is 0 Å². The van der Waals surface area contributed by atoms with Crippen molar-refractivity contribution in [3.63, 3.8) is 0 Å². The van der Waals surface area contributed by atoms with Crippen molar-refractivity contribution in [2.75, 3.05) is 0 Å². The zero-order chi connectivity index (χ0) is 17.1. The second-order valence-corrected chi connectivity index (χ2v) is 9.35. The van der Waals surface area contributed by atoms with Gasteiger partial charge < -0.3 is 5.11 Å². The number of rotatable bonds is 0. The molecule has 4 rings (SSSR count). The SMILES string of the molecule is C[C@]12CC[C@@H](O)C[C@@H]1CC[C@@H]1[C@@H]2C(=O)C[C@]2(C)/C(=C\C#N)CC[C@@H]12. The van der Waals surface area contributed by atoms with Crippen molar-refractivity contribution in [3.05, 3.63) is 11.6 Å². The summed E-state index contributed by atoms with van der Waals surface area (Å²) in [6, 6.07) is 2.21. The fourth-order valence-electron chi connectivity index (χ4n) is 7.21. The molecule has 4 aliphatic rings. The molecule has 0 bridgehead atoms. The van der Waals surface area contributed by atoms with Crippen LogP contribution in [0.5, 0.6) is 0 Å². The minimum atomic E-state index is -0.166. The molecule has 0 saturated heterocycles. The van der Waals surface area contributed by atoms with Crippen molar-refractivity contribution in [3.8, 4) is 6.07 Å². The molecule has 0 amide bonds. The van der Waals surface area contributed by atoms with Crippen LogP contribution in [0.15, 0.2) is 11.6 Å². The van der Waals surface area contributed by atoms with Gasteiger partial charge in [-0.25, -0.2) is 0 Å². The Bertz CT molecular complexity index is 632. The molecule has 7 atom stereocenters. The largest absolute Gasteiger partial charge is 0.393 e. The molecule has 0 unspecified atom stereocenters. The lowest BCUT2D eigenvalue weighted by Gasteiger charge is -2.59. The topological polar surface area (TPSA) is 61.1 Å². The minimum absolute atomic E-state index is 0.0780. The number of allylic oxidation sites excluding steroid dienone is 2. The average Bonchev–Trinajstić information content (AvgIpc) is 2.84. The second kappa shape index (κ2) is 5.43. The zero-order valence-corrected chi connectivity index (χ0v) is 14.9. The van der Waals surface area contributed by atoms with Gasteiger partial charge in [0.1, 0.15) is 5.78 Å². The molecule has 24 heavy (non-hydrogen) atoms. The van der Waals surface area contributed by atoms with Gasteiger partial charge >= 0.3 is 0 Å². The van der Waals surface area contributed by atoms with E-state index in [1.165, 1.54) is 5.57 Å². The van der Waals surface area contributed by atoms with Crippen LogP contribution >= 0.6 is 0 Å². The molecule has 1 N–H and O–H groups in total. The molecule has 0 aromatic carbocycles. The molecule has 0 aromatic rings. The van der Waals surface area contributed by atoms with Crippen molar-refractivity contribution in [2.45, 2.75) is 71.3 Å². The van der Waals surface area contributed by atoms with Gasteiger partial charge in [0.25, 0.3) is 0 Å². The molecule has 4 aliphatic carbocycles. The first-order valence-corrected chi connectivity index (χ1v) is 9.70. The number of nitrogens with zero attached hydrogens (tertiary/aromatic N) is 1. The molecule has 0 aromatic heterocycles. The van der Waals surface area contributed by atoms with Gasteiger partial charge in [0, 0.05) is 18.4 Å². The number of aliphatic hydroxyl groups is 1. The Labute approximate surface area is 145 Å². The lowest BCUT2D eigenvalue weighted by atomic mass is 9.44. The predicted octanol–water partition coefficient (Wildman–Crippen LogP) is 4.02. The first kappa shape index (κ1) is 16.3. The van der Waals surface area contributed by atoms with Crippen molar-refractivity contribution in [2.24, 2.45) is 34.5 Å². The van der Waals surface area contributed by atoms with Crippen molar-refractivity contribution < 1.29 is 9.90 Å². The zero-order valence-electron chi connectivity index (χ0n) is 14.9. The highest BCUT2D eigenvalue weighted by molar-refractivity contribution is 5.85. The fraction of sp³-hybridized carbons (Fsp3) is 0.810. The van der Waals surface area contributed by atoms with Gasteiger partial charge in [0.05, 0.1) is 12.2 Å². The summed E-state index contributed by atoms with van der Waals surface area (Å²) in [5.41, 5.74) is 1.22. The van der Waals surface area contributed by atoms with Crippen LogP contribution in [-0.2, 0) is 4.79 Å². The van der Waals surface area contributed by atoms with Crippen LogP contribution in [0.3, 0.4) is 0 Å². The van der Waals surface area contributed by atoms with Crippen LogP contribution < -0.4 is 0 Å². The highest BCUT2D eigenvalue weighted by atomic mass is 16.3. The molecule has 0 heterocycles. The molecule has 4 fully saturated rings. The van der Waals surface area contributed by atoms with Gasteiger partial charge in [-0.05, 0) is 73.5 Å². The number of carbonyl (C=O) groups excluding carboxylic acids is 1. The molecule has 4 saturated carbocycles. The summed E-state index contributed by atoms with van der Waals surface area (Å²) in [6.45, 7) is 4.57. The Morgan fingerprint density at radius 1 is 1.25 bits per heavy atom. The summed E-state index contributed by atoms with van der Waals surface area (Å²) < 4.78 is 0. The van der Waals surface area contributed by atoms with E-state index >= 15 is 0 Å². The number of carbonyl (C=O) groups is 1. The van der Waals surface area contributed by atoms with Crippen LogP contribution in [-0.4, -0.2) is 17.0 Å². The van der Waals surface area contributed by atoms with Gasteiger partial charge in [-0.2, -0.15) is 5.26 Å². The molecular formula is C21H29NO2. The van der Waals surface area contributed by atoms with E-state index in [1.54, 1.807) is 6.08 Å². The third-order valence-corrected chi connectivity index (χ3v) is 8.41. The standard InChI is InChI=1S/C21H29NO2/c1-20-9-7-15(23)11-14(20)3-5-16-17-6-4-13(8-10-22)21(17,2)12-18(24)19(16)20/h8,14-17,19,23H,3-7,9,11-12H2,1-2H3/b13-8-/t14-,15+,16-,17-,19+,20-,21+/m0/s1. The molecular weight excluding hydrogens is 298 g/mol. The first-order chi connectivity index (χ1) is 11.4. The van der Waals surface area contributed by atoms with E-state index < -0.39 is 0 Å². The highest BCUT2D eigenvalue weighted by Gasteiger charge is 2.62. The maximum Gasteiger partial charge on any atom is 0.137 e. The molecule has 0 aliphatic heterocycles. The number of hydrogen-bond donors (Lipinski definition) is 1. The van der Waals surface area contributed by atoms with Crippen LogP contribution in [0.1, 0.15) is 65.2 Å². The fourth-order valence-corrected chi connectivity index (χ4v) is 7.21. The van der Waals surface area contributed by atoms with Gasteiger partial charge in [0.15, 0.2) is 0 Å². The Morgan fingerprint density at radius 2 is 2.04 bits per heavy atom. The highest BCUT2D eigenvalue weighted by Crippen LogP contribution is 2.66. The van der Waals surface area contributed by atoms with E-state index in [1.807, 2.05) is 0 Å². The van der Waals surface area contributed by atoms with E-state index in [0.717, 1.165) is 44.9 Å². The monoisotopic (exact) mass is 327 g/mol. The first-order valence-electron chi connectivity index (χ1n) is 9.70. The van der Waals surface area contributed by atoms with E-state index in [9.17, 15) is 9.90 Å². The Hall–Kier alpha value is -1.14. The summed E-state index contributed by atoms with van der Waals surface area (Å²) in [5, 5.41) is 19.2. The lowest BCUT2D eigenvalue weighted by Crippen LogP contribution is -2.57. The molecule has 3 nitrogen and oxygen atoms in total. The minimum Gasteiger partial charge on any atom is -0.393 e. The van der Waals surface area contributed by atoms with Crippen LogP contribution in [0.25, 0.3) is 0 Å². The molecule has 3 heteroatoms. The number of ketones is 1. The maximum atomic E-state index is 13.3. The van der Waals surface area contributed by atoms with Crippen molar-refractivity contribution in [1.82, 2.24) is 0 Å². The summed E-state index contributed by atoms with van der Waals surface area (Å²) in [7, 11) is 0. The predicted molar refractivity (Wildman–Crippen MR) is 91.8 cm³/mol. The number of nitriles is 1. The van der Waals surface area contributed by atoms with Gasteiger partial charge in [-0.3, -0.25) is 4.79 Å². The third kappa shape index (κ3) is 2.08. The van der Waals surface area contributed by atoms with Crippen LogP contribution in [0.2, 0.25) is 0 Å². The summed E-state index contributed by atoms with van der Waals surface area (Å²) in [6.07, 6.45) is 9.33. The lowest BCUT2D eigenvalue weighted by molar-refractivity contribution is -0.157. The van der Waals surface area contributed by atoms with Crippen LogP contribution in [0.4, 0.5) is 0 Å².